The zero-order valence-electron chi connectivity index (χ0n) is 18.6. The number of ether oxygens (including phenoxy) is 4. The highest BCUT2D eigenvalue weighted by molar-refractivity contribution is 5.94. The van der Waals surface area contributed by atoms with Crippen LogP contribution < -0.4 is 19.5 Å². The predicted molar refractivity (Wildman–Crippen MR) is 120 cm³/mol. The Kier molecular flexibility index (Phi) is 8.94. The van der Waals surface area contributed by atoms with Crippen molar-refractivity contribution in [2.75, 3.05) is 33.3 Å². The van der Waals surface area contributed by atoms with Gasteiger partial charge in [0.1, 0.15) is 0 Å². The van der Waals surface area contributed by atoms with Crippen molar-refractivity contribution < 1.29 is 28.5 Å². The molecule has 0 saturated heterocycles. The number of benzene rings is 2. The number of amides is 1. The van der Waals surface area contributed by atoms with Crippen LogP contribution in [-0.4, -0.2) is 39.8 Å². The second-order valence-electron chi connectivity index (χ2n) is 6.88. The maximum Gasteiger partial charge on any atom is 0.331 e. The smallest absolute Gasteiger partial charge is 0.331 e. The lowest BCUT2D eigenvalue weighted by molar-refractivity contribution is -0.142. The van der Waals surface area contributed by atoms with Crippen LogP contribution in [0.1, 0.15) is 37.3 Å². The molecule has 0 bridgehead atoms. The van der Waals surface area contributed by atoms with Gasteiger partial charge in [0.15, 0.2) is 18.1 Å². The highest BCUT2D eigenvalue weighted by Crippen LogP contribution is 2.38. The standard InChI is InChI=1S/C24H29NO6/c1-6-16(2)18-8-10-19(11-9-18)25-22(26)15-31-23(27)12-7-17-13-20(28-3)24(30-5)21(14-17)29-4/h7-14,16H,6,15H2,1-5H3,(H,25,26)/b12-7+. The summed E-state index contributed by atoms with van der Waals surface area (Å²) in [6.07, 6.45) is 3.82. The quantitative estimate of drug-likeness (QED) is 0.446. The van der Waals surface area contributed by atoms with Crippen LogP contribution in [0.5, 0.6) is 17.2 Å². The van der Waals surface area contributed by atoms with E-state index < -0.39 is 11.9 Å². The van der Waals surface area contributed by atoms with Gasteiger partial charge in [0, 0.05) is 11.8 Å². The van der Waals surface area contributed by atoms with Gasteiger partial charge in [0.05, 0.1) is 21.3 Å². The molecule has 0 aromatic heterocycles. The summed E-state index contributed by atoms with van der Waals surface area (Å²) >= 11 is 0. The van der Waals surface area contributed by atoms with E-state index in [1.54, 1.807) is 18.2 Å². The lowest BCUT2D eigenvalue weighted by Gasteiger charge is -2.12. The number of rotatable bonds is 10. The van der Waals surface area contributed by atoms with Crippen LogP contribution in [0.3, 0.4) is 0 Å². The summed E-state index contributed by atoms with van der Waals surface area (Å²) < 4.78 is 20.8. The number of anilines is 1. The van der Waals surface area contributed by atoms with Crippen LogP contribution in [0.4, 0.5) is 5.69 Å². The molecule has 166 valence electrons. The fourth-order valence-electron chi connectivity index (χ4n) is 2.87. The molecule has 1 N–H and O–H groups in total. The molecule has 0 radical (unpaired) electrons. The lowest BCUT2D eigenvalue weighted by atomic mass is 9.99. The molecule has 1 amide bonds. The highest BCUT2D eigenvalue weighted by atomic mass is 16.5. The number of carbonyl (C=O) groups excluding carboxylic acids is 2. The molecule has 0 fully saturated rings. The number of esters is 1. The molecular formula is C24H29NO6. The molecule has 1 unspecified atom stereocenters. The first kappa shape index (κ1) is 23.8. The molecule has 2 aromatic rings. The van der Waals surface area contributed by atoms with Gasteiger partial charge in [0.25, 0.3) is 5.91 Å². The summed E-state index contributed by atoms with van der Waals surface area (Å²) in [5, 5.41) is 2.71. The van der Waals surface area contributed by atoms with Gasteiger partial charge in [-0.05, 0) is 53.8 Å². The monoisotopic (exact) mass is 427 g/mol. The fourth-order valence-corrected chi connectivity index (χ4v) is 2.87. The van der Waals surface area contributed by atoms with E-state index in [-0.39, 0.29) is 6.61 Å². The van der Waals surface area contributed by atoms with Crippen LogP contribution >= 0.6 is 0 Å². The van der Waals surface area contributed by atoms with Crippen molar-refractivity contribution in [2.45, 2.75) is 26.2 Å². The first-order valence-electron chi connectivity index (χ1n) is 9.96. The minimum Gasteiger partial charge on any atom is -0.493 e. The van der Waals surface area contributed by atoms with Crippen molar-refractivity contribution >= 4 is 23.6 Å². The van der Waals surface area contributed by atoms with E-state index in [1.165, 1.54) is 33.0 Å². The molecule has 0 spiro atoms. The van der Waals surface area contributed by atoms with E-state index in [0.29, 0.717) is 34.4 Å². The largest absolute Gasteiger partial charge is 0.493 e. The van der Waals surface area contributed by atoms with Crippen molar-refractivity contribution in [3.05, 3.63) is 53.6 Å². The van der Waals surface area contributed by atoms with E-state index in [0.717, 1.165) is 6.42 Å². The van der Waals surface area contributed by atoms with E-state index >= 15 is 0 Å². The average molecular weight is 427 g/mol. The molecule has 31 heavy (non-hydrogen) atoms. The molecule has 2 rings (SSSR count). The van der Waals surface area contributed by atoms with E-state index in [2.05, 4.69) is 19.2 Å². The maximum absolute atomic E-state index is 12.0. The molecule has 7 nitrogen and oxygen atoms in total. The minimum atomic E-state index is -0.643. The van der Waals surface area contributed by atoms with Crippen molar-refractivity contribution in [3.8, 4) is 17.2 Å². The average Bonchev–Trinajstić information content (AvgIpc) is 2.80. The van der Waals surface area contributed by atoms with Crippen LogP contribution in [0.2, 0.25) is 0 Å². The van der Waals surface area contributed by atoms with Gasteiger partial charge < -0.3 is 24.3 Å². The first-order valence-corrected chi connectivity index (χ1v) is 9.96. The van der Waals surface area contributed by atoms with Gasteiger partial charge in [0.2, 0.25) is 5.75 Å². The zero-order valence-corrected chi connectivity index (χ0v) is 18.6. The van der Waals surface area contributed by atoms with Crippen LogP contribution in [-0.2, 0) is 14.3 Å². The topological polar surface area (TPSA) is 83.1 Å². The highest BCUT2D eigenvalue weighted by Gasteiger charge is 2.12. The maximum atomic E-state index is 12.0. The normalized spacial score (nSPS) is 11.6. The van der Waals surface area contributed by atoms with Gasteiger partial charge in [-0.15, -0.1) is 0 Å². The fraction of sp³-hybridized carbons (Fsp3) is 0.333. The lowest BCUT2D eigenvalue weighted by Crippen LogP contribution is -2.20. The Morgan fingerprint density at radius 3 is 2.13 bits per heavy atom. The number of hydrogen-bond acceptors (Lipinski definition) is 6. The zero-order chi connectivity index (χ0) is 22.8. The van der Waals surface area contributed by atoms with Crippen molar-refractivity contribution in [2.24, 2.45) is 0 Å². The Labute approximate surface area is 183 Å². The summed E-state index contributed by atoms with van der Waals surface area (Å²) in [5.74, 6) is 0.797. The minimum absolute atomic E-state index is 0.383. The van der Waals surface area contributed by atoms with E-state index in [4.69, 9.17) is 18.9 Å². The molecule has 0 heterocycles. The second kappa shape index (κ2) is 11.6. The van der Waals surface area contributed by atoms with E-state index in [1.807, 2.05) is 24.3 Å². The Hall–Kier alpha value is -3.48. The van der Waals surface area contributed by atoms with Crippen molar-refractivity contribution in [1.29, 1.82) is 0 Å². The van der Waals surface area contributed by atoms with Gasteiger partial charge in [-0.2, -0.15) is 0 Å². The Morgan fingerprint density at radius 2 is 1.61 bits per heavy atom. The third-order valence-electron chi connectivity index (χ3n) is 4.82. The van der Waals surface area contributed by atoms with Crippen LogP contribution in [0, 0.1) is 0 Å². The van der Waals surface area contributed by atoms with Gasteiger partial charge in [-0.1, -0.05) is 26.0 Å². The Balaban J connectivity index is 1.91. The molecule has 0 aliphatic rings. The summed E-state index contributed by atoms with van der Waals surface area (Å²) in [6.45, 7) is 3.90. The molecule has 0 aliphatic heterocycles. The summed E-state index contributed by atoms with van der Waals surface area (Å²) in [4.78, 5) is 24.0. The van der Waals surface area contributed by atoms with Crippen LogP contribution in [0.15, 0.2) is 42.5 Å². The van der Waals surface area contributed by atoms with Gasteiger partial charge in [-0.3, -0.25) is 4.79 Å². The Morgan fingerprint density at radius 1 is 1.00 bits per heavy atom. The third-order valence-corrected chi connectivity index (χ3v) is 4.82. The molecule has 1 atom stereocenters. The van der Waals surface area contributed by atoms with Crippen molar-refractivity contribution in [3.63, 3.8) is 0 Å². The second-order valence-corrected chi connectivity index (χ2v) is 6.88. The molecule has 0 saturated carbocycles. The predicted octanol–water partition coefficient (Wildman–Crippen LogP) is 4.42. The molecule has 2 aromatic carbocycles. The number of carbonyl (C=O) groups is 2. The SMILES string of the molecule is CCC(C)c1ccc(NC(=O)COC(=O)/C=C/c2cc(OC)c(OC)c(OC)c2)cc1. The van der Waals surface area contributed by atoms with Gasteiger partial charge in [-0.25, -0.2) is 4.79 Å². The number of nitrogens with one attached hydrogen (secondary N) is 1. The van der Waals surface area contributed by atoms with E-state index in [9.17, 15) is 9.59 Å². The molecule has 0 aliphatic carbocycles. The summed E-state index contributed by atoms with van der Waals surface area (Å²) in [5.41, 5.74) is 2.52. The molecular weight excluding hydrogens is 398 g/mol. The first-order chi connectivity index (χ1) is 14.9. The third kappa shape index (κ3) is 6.77. The Bertz CT molecular complexity index is 895. The number of methoxy groups -OCH3 is 3. The summed E-state index contributed by atoms with van der Waals surface area (Å²) in [7, 11) is 4.53. The van der Waals surface area contributed by atoms with Crippen molar-refractivity contribution in [1.82, 2.24) is 0 Å². The summed E-state index contributed by atoms with van der Waals surface area (Å²) in [6, 6.07) is 11.0. The molecule has 7 heteroatoms. The van der Waals surface area contributed by atoms with Crippen LogP contribution in [0.25, 0.3) is 6.08 Å². The number of hydrogen-bond donors (Lipinski definition) is 1. The van der Waals surface area contributed by atoms with Gasteiger partial charge >= 0.3 is 5.97 Å².